The number of aromatic nitrogens is 2. The summed E-state index contributed by atoms with van der Waals surface area (Å²) in [4.78, 5) is 0. The highest BCUT2D eigenvalue weighted by atomic mass is 28.3. The molecule has 0 spiro atoms. The van der Waals surface area contributed by atoms with Crippen molar-refractivity contribution in [2.45, 2.75) is 0 Å². The second-order valence-electron chi connectivity index (χ2n) is 17.7. The van der Waals surface area contributed by atoms with E-state index in [1.54, 1.807) is 0 Å². The van der Waals surface area contributed by atoms with E-state index in [1.807, 2.05) is 30.3 Å². The molecule has 0 atom stereocenters. The van der Waals surface area contributed by atoms with Crippen LogP contribution < -0.4 is 20.7 Å². The topological polar surface area (TPSA) is 9.86 Å². The zero-order valence-corrected chi connectivity index (χ0v) is 38.6. The quantitative estimate of drug-likeness (QED) is 0.101. The zero-order chi connectivity index (χ0) is 50.1. The summed E-state index contributed by atoms with van der Waals surface area (Å²) in [5, 5.41) is 9.58. The Morgan fingerprint density at radius 1 is 0.290 bits per heavy atom. The molecule has 0 radical (unpaired) electrons. The third-order valence-corrected chi connectivity index (χ3v) is 18.7. The fourth-order valence-corrected chi connectivity index (χ4v) is 15.7. The van der Waals surface area contributed by atoms with Crippen LogP contribution in [-0.2, 0) is 0 Å². The van der Waals surface area contributed by atoms with Crippen LogP contribution in [0.25, 0.3) is 88.4 Å². The van der Waals surface area contributed by atoms with Crippen LogP contribution in [0.5, 0.6) is 0 Å². The van der Waals surface area contributed by atoms with E-state index in [2.05, 4.69) is 228 Å². The molecule has 0 bridgehead atoms. The lowest BCUT2D eigenvalue weighted by Crippen LogP contribution is -2.74. The van der Waals surface area contributed by atoms with Gasteiger partial charge in [-0.1, -0.05) is 236 Å². The fraction of sp³-hybridized carbons (Fsp3) is 0. The lowest BCUT2D eigenvalue weighted by atomic mass is 10.0. The van der Waals surface area contributed by atoms with Gasteiger partial charge < -0.3 is 9.13 Å². The molecular formula is C66H46N2Si. The molecule has 3 heteroatoms. The van der Waals surface area contributed by atoms with Crippen LogP contribution >= 0.6 is 0 Å². The highest BCUT2D eigenvalue weighted by Gasteiger charge is 2.42. The molecule has 0 fully saturated rings. The van der Waals surface area contributed by atoms with Gasteiger partial charge in [-0.05, 0) is 91.0 Å². The molecule has 324 valence electrons. The maximum absolute atomic E-state index is 8.94. The van der Waals surface area contributed by atoms with Gasteiger partial charge in [0.2, 0.25) is 0 Å². The highest BCUT2D eigenvalue weighted by Crippen LogP contribution is 2.39. The van der Waals surface area contributed by atoms with Crippen molar-refractivity contribution in [3.63, 3.8) is 0 Å². The zero-order valence-electron chi connectivity index (χ0n) is 42.6. The van der Waals surface area contributed by atoms with Crippen molar-refractivity contribution in [2.24, 2.45) is 0 Å². The average molecular weight is 900 g/mol. The minimum absolute atomic E-state index is 0.172. The SMILES string of the molecule is [2H]c1c([2H])c([2H])c(-c2ccccc2-n2c3ccccc3c3cc(-n4c5ccccc5c5cc([Si](c6ccccc6)(c6cccc(-c7ccccc7)c6)c6cccc(-c7ccccc7)c6)ccc54)ccc32)c([2H])c1[2H]. The van der Waals surface area contributed by atoms with Crippen LogP contribution in [0, 0.1) is 0 Å². The summed E-state index contributed by atoms with van der Waals surface area (Å²) in [6.45, 7) is 0. The number of hydrogen-bond acceptors (Lipinski definition) is 0. The van der Waals surface area contributed by atoms with E-state index in [0.29, 0.717) is 5.56 Å². The lowest BCUT2D eigenvalue weighted by Gasteiger charge is -2.35. The molecule has 2 aromatic heterocycles. The second kappa shape index (κ2) is 16.8. The molecule has 69 heavy (non-hydrogen) atoms. The summed E-state index contributed by atoms with van der Waals surface area (Å²) in [5.74, 6) is 0. The molecule has 11 aromatic carbocycles. The van der Waals surface area contributed by atoms with Crippen molar-refractivity contribution >= 4 is 72.4 Å². The van der Waals surface area contributed by atoms with E-state index in [-0.39, 0.29) is 29.7 Å². The molecule has 2 nitrogen and oxygen atoms in total. The van der Waals surface area contributed by atoms with Crippen LogP contribution in [0.2, 0.25) is 0 Å². The summed E-state index contributed by atoms with van der Waals surface area (Å²) in [6.07, 6.45) is 0. The van der Waals surface area contributed by atoms with E-state index in [1.165, 1.54) is 48.4 Å². The lowest BCUT2D eigenvalue weighted by molar-refractivity contribution is 1.17. The van der Waals surface area contributed by atoms with Gasteiger partial charge in [0.15, 0.2) is 8.07 Å². The first kappa shape index (κ1) is 35.4. The van der Waals surface area contributed by atoms with Crippen molar-refractivity contribution in [3.05, 3.63) is 279 Å². The van der Waals surface area contributed by atoms with Crippen LogP contribution in [0.15, 0.2) is 279 Å². The predicted molar refractivity (Wildman–Crippen MR) is 295 cm³/mol. The Balaban J connectivity index is 1.05. The van der Waals surface area contributed by atoms with Crippen molar-refractivity contribution < 1.29 is 6.85 Å². The fourth-order valence-electron chi connectivity index (χ4n) is 10.9. The molecule has 0 saturated carbocycles. The Bertz CT molecular complexity index is 4210. The molecule has 13 aromatic rings. The van der Waals surface area contributed by atoms with Gasteiger partial charge in [-0.2, -0.15) is 0 Å². The van der Waals surface area contributed by atoms with E-state index in [0.717, 1.165) is 49.6 Å². The first-order valence-electron chi connectivity index (χ1n) is 25.9. The Labute approximate surface area is 410 Å². The summed E-state index contributed by atoms with van der Waals surface area (Å²) in [6, 6.07) is 87.9. The first-order valence-corrected chi connectivity index (χ1v) is 25.4. The third kappa shape index (κ3) is 6.70. The molecule has 0 unspecified atom stereocenters. The van der Waals surface area contributed by atoms with Crippen molar-refractivity contribution in [1.29, 1.82) is 0 Å². The molecule has 0 aliphatic carbocycles. The van der Waals surface area contributed by atoms with E-state index in [9.17, 15) is 0 Å². The van der Waals surface area contributed by atoms with Crippen LogP contribution in [-0.4, -0.2) is 17.2 Å². The number of nitrogens with zero attached hydrogens (tertiary/aromatic N) is 2. The van der Waals surface area contributed by atoms with Crippen molar-refractivity contribution in [3.8, 4) is 44.8 Å². The maximum Gasteiger partial charge on any atom is 0.179 e. The van der Waals surface area contributed by atoms with Crippen molar-refractivity contribution in [2.75, 3.05) is 0 Å². The Morgan fingerprint density at radius 2 is 0.754 bits per heavy atom. The highest BCUT2D eigenvalue weighted by molar-refractivity contribution is 7.20. The second-order valence-corrected chi connectivity index (χ2v) is 21.5. The van der Waals surface area contributed by atoms with Crippen LogP contribution in [0.3, 0.4) is 0 Å². The summed E-state index contributed by atoms with van der Waals surface area (Å²) < 4.78 is 47.8. The van der Waals surface area contributed by atoms with Gasteiger partial charge in [-0.3, -0.25) is 0 Å². The van der Waals surface area contributed by atoms with Crippen LogP contribution in [0.4, 0.5) is 0 Å². The van der Waals surface area contributed by atoms with Gasteiger partial charge in [0.05, 0.1) is 34.6 Å². The summed E-state index contributed by atoms with van der Waals surface area (Å²) in [5.41, 5.74) is 11.3. The summed E-state index contributed by atoms with van der Waals surface area (Å²) >= 11 is 0. The molecule has 0 aliphatic heterocycles. The van der Waals surface area contributed by atoms with E-state index in [4.69, 9.17) is 6.85 Å². The molecule has 0 aliphatic rings. The molecule has 2 heterocycles. The molecular weight excluding hydrogens is 849 g/mol. The van der Waals surface area contributed by atoms with E-state index >= 15 is 0 Å². The number of fused-ring (bicyclic) bond motifs is 6. The monoisotopic (exact) mass is 899 g/mol. The van der Waals surface area contributed by atoms with E-state index < -0.39 is 14.1 Å². The Kier molecular flexibility index (Phi) is 8.65. The van der Waals surface area contributed by atoms with Gasteiger partial charge in [0.1, 0.15) is 0 Å². The van der Waals surface area contributed by atoms with Gasteiger partial charge >= 0.3 is 0 Å². The molecule has 13 rings (SSSR count). The summed E-state index contributed by atoms with van der Waals surface area (Å²) in [7, 11) is -3.11. The first-order chi connectivity index (χ1) is 36.3. The molecule has 0 N–H and O–H groups in total. The normalized spacial score (nSPS) is 12.8. The Hall–Kier alpha value is -8.76. The minimum atomic E-state index is -3.11. The largest absolute Gasteiger partial charge is 0.309 e. The molecule has 0 amide bonds. The maximum atomic E-state index is 8.94. The predicted octanol–water partition coefficient (Wildman–Crippen LogP) is 14.3. The number of para-hydroxylation sites is 3. The minimum Gasteiger partial charge on any atom is -0.309 e. The Morgan fingerprint density at radius 3 is 1.41 bits per heavy atom. The van der Waals surface area contributed by atoms with Crippen molar-refractivity contribution in [1.82, 2.24) is 9.13 Å². The van der Waals surface area contributed by atoms with Gasteiger partial charge in [-0.15, -0.1) is 0 Å². The van der Waals surface area contributed by atoms with Crippen LogP contribution in [0.1, 0.15) is 6.85 Å². The smallest absolute Gasteiger partial charge is 0.179 e. The standard InChI is InChI=1S/C66H46N2Si/c1-5-21-47(22-6-1)50-27-19-31-54(43-50)69(53-29-11-4-12-30-53,55-32-20-28-51(44-55)48-23-7-2-8-24-48)56-40-42-65-61(46-56)59-35-14-17-37-63(59)67(65)52-39-41-66-60(45-52)58-34-15-18-38-64(58)68(66)62-36-16-13-33-57(62)49-25-9-3-10-26-49/h1-46H/i3D,9D,10D,25D,26D. The number of hydrogen-bond donors (Lipinski definition) is 0. The average Bonchev–Trinajstić information content (AvgIpc) is 3.97. The van der Waals surface area contributed by atoms with Gasteiger partial charge in [0, 0.05) is 32.8 Å². The molecule has 0 saturated heterocycles. The third-order valence-electron chi connectivity index (χ3n) is 13.9. The van der Waals surface area contributed by atoms with Gasteiger partial charge in [-0.25, -0.2) is 0 Å². The number of benzene rings is 11. The van der Waals surface area contributed by atoms with Gasteiger partial charge in [0.25, 0.3) is 0 Å². The number of rotatable bonds is 9.